The van der Waals surface area contributed by atoms with Gasteiger partial charge in [0.2, 0.25) is 21.8 Å². The molecule has 2 aliphatic heterocycles. The molecule has 1 aliphatic carbocycles. The molecule has 5 rings (SSSR count). The van der Waals surface area contributed by atoms with Crippen LogP contribution < -0.4 is 14.4 Å². The van der Waals surface area contributed by atoms with Crippen molar-refractivity contribution in [1.82, 2.24) is 9.71 Å². The molecule has 0 spiro atoms. The highest BCUT2D eigenvalue weighted by atomic mass is 32.2. The molecular weight excluding hydrogens is 428 g/mol. The Hall–Kier alpha value is -2.96. The van der Waals surface area contributed by atoms with Crippen LogP contribution in [0, 0.1) is 11.3 Å². The van der Waals surface area contributed by atoms with E-state index in [1.165, 1.54) is 6.20 Å². The van der Waals surface area contributed by atoms with E-state index in [0.717, 1.165) is 29.7 Å². The normalized spacial score (nSPS) is 22.3. The second-order valence-electron chi connectivity index (χ2n) is 8.60. The Balaban J connectivity index is 1.23. The summed E-state index contributed by atoms with van der Waals surface area (Å²) in [5.74, 6) is 0.604. The number of pyridine rings is 1. The van der Waals surface area contributed by atoms with Gasteiger partial charge in [-0.15, -0.1) is 0 Å². The minimum absolute atomic E-state index is 0.0239. The van der Waals surface area contributed by atoms with E-state index in [1.54, 1.807) is 29.2 Å². The maximum atomic E-state index is 13.1. The summed E-state index contributed by atoms with van der Waals surface area (Å²) in [5.41, 5.74) is 3.31. The van der Waals surface area contributed by atoms with E-state index in [2.05, 4.69) is 9.71 Å². The Bertz CT molecular complexity index is 1200. The van der Waals surface area contributed by atoms with Crippen molar-refractivity contribution in [1.29, 1.82) is 5.26 Å². The lowest BCUT2D eigenvalue weighted by Gasteiger charge is -2.29. The fourth-order valence-electron chi connectivity index (χ4n) is 4.85. The Morgan fingerprint density at radius 3 is 2.53 bits per heavy atom. The average Bonchev–Trinajstić information content (AvgIpc) is 3.23. The van der Waals surface area contributed by atoms with Crippen LogP contribution in [0.3, 0.4) is 0 Å². The standard InChI is InChI=1S/C23H24N4O4S/c24-13-15-1-7-21(25-14-15)31-19-5-3-18(4-6-19)26-32(29,30)20-11-16-2-8-22(28)27-10-9-17(12-20)23(16)27/h1,7,11-12,14,18-19,26H,2-6,8-10H2. The first-order valence-electron chi connectivity index (χ1n) is 10.9. The van der Waals surface area contributed by atoms with Crippen LogP contribution in [0.25, 0.3) is 0 Å². The number of hydrogen-bond acceptors (Lipinski definition) is 6. The van der Waals surface area contributed by atoms with Crippen LogP contribution in [0.2, 0.25) is 0 Å². The molecule has 166 valence electrons. The fourth-order valence-corrected chi connectivity index (χ4v) is 6.26. The maximum absolute atomic E-state index is 13.1. The Kier molecular flexibility index (Phi) is 5.35. The maximum Gasteiger partial charge on any atom is 0.240 e. The molecule has 0 atom stereocenters. The van der Waals surface area contributed by atoms with Crippen LogP contribution in [0.1, 0.15) is 48.8 Å². The van der Waals surface area contributed by atoms with Crippen LogP contribution in [0.4, 0.5) is 5.69 Å². The first-order chi connectivity index (χ1) is 15.4. The topological polar surface area (TPSA) is 112 Å². The number of nitrogens with one attached hydrogen (secondary N) is 1. The quantitative estimate of drug-likeness (QED) is 0.746. The molecule has 32 heavy (non-hydrogen) atoms. The second kappa shape index (κ2) is 8.19. The van der Waals surface area contributed by atoms with Crippen molar-refractivity contribution in [2.45, 2.75) is 62.0 Å². The molecule has 3 heterocycles. The van der Waals surface area contributed by atoms with Gasteiger partial charge in [-0.2, -0.15) is 5.26 Å². The number of hydrogen-bond donors (Lipinski definition) is 1. The zero-order valence-corrected chi connectivity index (χ0v) is 18.4. The number of sulfonamides is 1. The number of amides is 1. The predicted octanol–water partition coefficient (Wildman–Crippen LogP) is 2.46. The van der Waals surface area contributed by atoms with Crippen LogP contribution >= 0.6 is 0 Å². The monoisotopic (exact) mass is 452 g/mol. The van der Waals surface area contributed by atoms with Crippen molar-refractivity contribution in [3.63, 3.8) is 0 Å². The van der Waals surface area contributed by atoms with E-state index in [1.807, 2.05) is 6.07 Å². The smallest absolute Gasteiger partial charge is 0.240 e. The fraction of sp³-hybridized carbons (Fsp3) is 0.435. The minimum Gasteiger partial charge on any atom is -0.474 e. The molecule has 0 radical (unpaired) electrons. The molecule has 1 amide bonds. The number of aryl methyl sites for hydroxylation is 1. The third kappa shape index (κ3) is 3.96. The lowest BCUT2D eigenvalue weighted by molar-refractivity contribution is -0.118. The van der Waals surface area contributed by atoms with Crippen molar-refractivity contribution < 1.29 is 17.9 Å². The number of nitriles is 1. The van der Waals surface area contributed by atoms with Gasteiger partial charge in [0, 0.05) is 31.3 Å². The zero-order valence-electron chi connectivity index (χ0n) is 17.6. The van der Waals surface area contributed by atoms with Crippen molar-refractivity contribution in [3.05, 3.63) is 47.2 Å². The van der Waals surface area contributed by atoms with E-state index >= 15 is 0 Å². The van der Waals surface area contributed by atoms with Gasteiger partial charge in [0.1, 0.15) is 12.2 Å². The van der Waals surface area contributed by atoms with E-state index in [9.17, 15) is 13.2 Å². The summed E-state index contributed by atoms with van der Waals surface area (Å²) >= 11 is 0. The van der Waals surface area contributed by atoms with Gasteiger partial charge in [0.15, 0.2) is 0 Å². The summed E-state index contributed by atoms with van der Waals surface area (Å²) in [4.78, 5) is 18.3. The van der Waals surface area contributed by atoms with Gasteiger partial charge < -0.3 is 9.64 Å². The molecule has 1 aromatic carbocycles. The van der Waals surface area contributed by atoms with Crippen LogP contribution in [-0.4, -0.2) is 38.0 Å². The van der Waals surface area contributed by atoms with Crippen LogP contribution in [-0.2, 0) is 27.7 Å². The Morgan fingerprint density at radius 1 is 1.09 bits per heavy atom. The number of ether oxygens (including phenoxy) is 1. The third-order valence-electron chi connectivity index (χ3n) is 6.48. The first kappa shape index (κ1) is 20.9. The van der Waals surface area contributed by atoms with E-state index < -0.39 is 10.0 Å². The molecule has 2 aromatic rings. The molecule has 1 aromatic heterocycles. The molecule has 0 saturated heterocycles. The number of anilines is 1. The van der Waals surface area contributed by atoms with Gasteiger partial charge in [0.25, 0.3) is 0 Å². The number of nitrogens with zero attached hydrogens (tertiary/aromatic N) is 3. The number of carbonyl (C=O) groups excluding carboxylic acids is 1. The molecule has 3 aliphatic rings. The van der Waals surface area contributed by atoms with Gasteiger partial charge >= 0.3 is 0 Å². The summed E-state index contributed by atoms with van der Waals surface area (Å²) < 4.78 is 35.0. The van der Waals surface area contributed by atoms with Crippen LogP contribution in [0.5, 0.6) is 5.88 Å². The van der Waals surface area contributed by atoms with E-state index in [-0.39, 0.29) is 18.1 Å². The third-order valence-corrected chi connectivity index (χ3v) is 7.98. The molecule has 1 fully saturated rings. The van der Waals surface area contributed by atoms with Gasteiger partial charge in [-0.05, 0) is 67.9 Å². The number of carbonyl (C=O) groups is 1. The summed E-state index contributed by atoms with van der Waals surface area (Å²) in [6.45, 7) is 0.635. The zero-order chi connectivity index (χ0) is 22.3. The van der Waals surface area contributed by atoms with Crippen molar-refractivity contribution in [2.24, 2.45) is 0 Å². The van der Waals surface area contributed by atoms with E-state index in [0.29, 0.717) is 55.0 Å². The van der Waals surface area contributed by atoms with Gasteiger partial charge in [-0.25, -0.2) is 18.1 Å². The Morgan fingerprint density at radius 2 is 1.84 bits per heavy atom. The molecule has 0 unspecified atom stereocenters. The van der Waals surface area contributed by atoms with Gasteiger partial charge in [-0.3, -0.25) is 4.79 Å². The number of benzene rings is 1. The summed E-state index contributed by atoms with van der Waals surface area (Å²) in [6.07, 6.45) is 5.99. The van der Waals surface area contributed by atoms with E-state index in [4.69, 9.17) is 10.00 Å². The highest BCUT2D eigenvalue weighted by molar-refractivity contribution is 7.89. The molecule has 9 heteroatoms. The average molecular weight is 453 g/mol. The molecule has 1 saturated carbocycles. The molecular formula is C23H24N4O4S. The van der Waals surface area contributed by atoms with Gasteiger partial charge in [0.05, 0.1) is 16.1 Å². The van der Waals surface area contributed by atoms with Gasteiger partial charge in [-0.1, -0.05) is 0 Å². The molecule has 8 nitrogen and oxygen atoms in total. The molecule has 0 bridgehead atoms. The lowest BCUT2D eigenvalue weighted by Crippen LogP contribution is -2.39. The summed E-state index contributed by atoms with van der Waals surface area (Å²) in [6, 6.07) is 8.70. The lowest BCUT2D eigenvalue weighted by atomic mass is 9.94. The number of rotatable bonds is 5. The SMILES string of the molecule is N#Cc1ccc(OC2CCC(NS(=O)(=O)c3cc4c5c(c3)CCN5C(=O)CC4)CC2)nc1. The number of aromatic nitrogens is 1. The van der Waals surface area contributed by atoms with Crippen LogP contribution in [0.15, 0.2) is 35.4 Å². The van der Waals surface area contributed by atoms with Crippen molar-refractivity contribution in [3.8, 4) is 11.9 Å². The largest absolute Gasteiger partial charge is 0.474 e. The van der Waals surface area contributed by atoms with Crippen molar-refractivity contribution >= 4 is 21.6 Å². The summed E-state index contributed by atoms with van der Waals surface area (Å²) in [7, 11) is -3.64. The summed E-state index contributed by atoms with van der Waals surface area (Å²) in [5, 5.41) is 8.85. The highest BCUT2D eigenvalue weighted by Crippen LogP contribution is 2.38. The second-order valence-corrected chi connectivity index (χ2v) is 10.3. The minimum atomic E-state index is -3.64. The Labute approximate surface area is 187 Å². The highest BCUT2D eigenvalue weighted by Gasteiger charge is 2.34. The molecule has 1 N–H and O–H groups in total. The van der Waals surface area contributed by atoms with Crippen molar-refractivity contribution in [2.75, 3.05) is 11.4 Å². The first-order valence-corrected chi connectivity index (χ1v) is 12.4. The predicted molar refractivity (Wildman–Crippen MR) is 117 cm³/mol.